The van der Waals surface area contributed by atoms with Gasteiger partial charge in [-0.15, -0.1) is 0 Å². The Morgan fingerprint density at radius 2 is 1.06 bits per heavy atom. The fourth-order valence-electron chi connectivity index (χ4n) is 2.28. The van der Waals surface area contributed by atoms with Gasteiger partial charge in [-0.2, -0.15) is 0 Å². The van der Waals surface area contributed by atoms with Gasteiger partial charge in [0.25, 0.3) is 0 Å². The quantitative estimate of drug-likeness (QED) is 0.537. The molecule has 0 N–H and O–H groups in total. The minimum Gasteiger partial charge on any atom is -0.207 e. The number of benzene rings is 2. The van der Waals surface area contributed by atoms with E-state index < -0.39 is 0 Å². The smallest absolute Gasteiger partial charge is 0.124 e. The lowest BCUT2D eigenvalue weighted by Crippen LogP contribution is -2.18. The molecule has 0 heterocycles. The zero-order valence-electron chi connectivity index (χ0n) is 8.48. The molecule has 0 aromatic heterocycles. The van der Waals surface area contributed by atoms with Gasteiger partial charge in [0.1, 0.15) is 11.6 Å². The summed E-state index contributed by atoms with van der Waals surface area (Å²) in [5.41, 5.74) is 1.45. The molecule has 78 valence electrons. The van der Waals surface area contributed by atoms with Crippen molar-refractivity contribution in [3.05, 3.63) is 56.8 Å². The summed E-state index contributed by atoms with van der Waals surface area (Å²) in [4.78, 5) is 0. The first-order valence-electron chi connectivity index (χ1n) is 4.89. The van der Waals surface area contributed by atoms with E-state index in [1.165, 1.54) is 24.3 Å². The predicted octanol–water partition coefficient (Wildman–Crippen LogP) is 2.05. The summed E-state index contributed by atoms with van der Waals surface area (Å²) in [6, 6.07) is 5.57. The van der Waals surface area contributed by atoms with Gasteiger partial charge in [-0.1, -0.05) is 13.2 Å². The lowest BCUT2D eigenvalue weighted by atomic mass is 9.88. The van der Waals surface area contributed by atoms with Gasteiger partial charge in [-0.05, 0) is 56.3 Å². The van der Waals surface area contributed by atoms with E-state index in [0.717, 1.165) is 21.6 Å². The first-order chi connectivity index (χ1) is 7.58. The maximum absolute atomic E-state index is 13.2. The normalized spacial score (nSPS) is 11.6. The second kappa shape index (κ2) is 2.79. The summed E-state index contributed by atoms with van der Waals surface area (Å²) in [5.74, 6) is -0.687. The fraction of sp³-hybridized carbons (Fsp3) is 0. The van der Waals surface area contributed by atoms with Crippen LogP contribution in [0.4, 0.5) is 8.78 Å². The summed E-state index contributed by atoms with van der Waals surface area (Å²) in [5, 5.41) is 3.03. The maximum atomic E-state index is 13.2. The molecule has 0 unspecified atom stereocenters. The van der Waals surface area contributed by atoms with Crippen LogP contribution in [-0.2, 0) is 0 Å². The molecule has 2 aromatic rings. The molecule has 0 amide bonds. The van der Waals surface area contributed by atoms with Gasteiger partial charge in [0.15, 0.2) is 0 Å². The lowest BCUT2D eigenvalue weighted by Gasteiger charge is -2.15. The van der Waals surface area contributed by atoms with Gasteiger partial charge in [0.05, 0.1) is 0 Å². The van der Waals surface area contributed by atoms with Crippen LogP contribution in [0.15, 0.2) is 24.3 Å². The summed E-state index contributed by atoms with van der Waals surface area (Å²) in [6.45, 7) is 7.59. The van der Waals surface area contributed by atoms with Gasteiger partial charge in [-0.3, -0.25) is 0 Å². The number of rotatable bonds is 0. The van der Waals surface area contributed by atoms with E-state index in [1.807, 2.05) is 0 Å². The monoisotopic (exact) mass is 214 g/mol. The Balaban J connectivity index is 2.68. The third-order valence-corrected chi connectivity index (χ3v) is 2.91. The van der Waals surface area contributed by atoms with Crippen LogP contribution < -0.4 is 10.4 Å². The summed E-state index contributed by atoms with van der Waals surface area (Å²) in [7, 11) is 0. The molecule has 0 nitrogen and oxygen atoms in total. The highest BCUT2D eigenvalue weighted by molar-refractivity contribution is 5.73. The van der Waals surface area contributed by atoms with Crippen molar-refractivity contribution in [3.63, 3.8) is 0 Å². The Bertz CT molecular complexity index is 735. The van der Waals surface area contributed by atoms with Crippen molar-refractivity contribution in [2.45, 2.75) is 0 Å². The third kappa shape index (κ3) is 1.01. The lowest BCUT2D eigenvalue weighted by molar-refractivity contribution is 0.623. The average Bonchev–Trinajstić information content (AvgIpc) is 2.16. The Morgan fingerprint density at radius 3 is 1.44 bits per heavy atom. The van der Waals surface area contributed by atoms with Crippen LogP contribution in [-0.4, -0.2) is 0 Å². The molecule has 2 heteroatoms. The number of hydrogen-bond acceptors (Lipinski definition) is 0. The highest BCUT2D eigenvalue weighted by Crippen LogP contribution is 2.28. The zero-order chi connectivity index (χ0) is 11.4. The van der Waals surface area contributed by atoms with Crippen molar-refractivity contribution >= 4 is 13.2 Å². The molecule has 1 aliphatic carbocycles. The van der Waals surface area contributed by atoms with Gasteiger partial charge < -0.3 is 0 Å². The van der Waals surface area contributed by atoms with Crippen molar-refractivity contribution in [1.29, 1.82) is 0 Å². The fourth-order valence-corrected chi connectivity index (χ4v) is 2.28. The molecule has 0 fully saturated rings. The van der Waals surface area contributed by atoms with Crippen LogP contribution in [0.1, 0.15) is 0 Å². The molecule has 0 bridgehead atoms. The molecule has 0 saturated heterocycles. The number of hydrogen-bond donors (Lipinski definition) is 0. The topological polar surface area (TPSA) is 0 Å². The Labute approximate surface area is 90.5 Å². The minimum atomic E-state index is -0.343. The summed E-state index contributed by atoms with van der Waals surface area (Å²) < 4.78 is 26.4. The van der Waals surface area contributed by atoms with Crippen LogP contribution in [0.2, 0.25) is 0 Å². The van der Waals surface area contributed by atoms with Crippen molar-refractivity contribution in [2.75, 3.05) is 0 Å². The molecule has 16 heavy (non-hydrogen) atoms. The van der Waals surface area contributed by atoms with Gasteiger partial charge >= 0.3 is 0 Å². The molecule has 0 aliphatic heterocycles. The highest BCUT2D eigenvalue weighted by Gasteiger charge is 2.16. The Morgan fingerprint density at radius 1 is 0.688 bits per heavy atom. The molecule has 1 aliphatic rings. The van der Waals surface area contributed by atoms with E-state index in [0.29, 0.717) is 10.4 Å². The van der Waals surface area contributed by atoms with Gasteiger partial charge in [0.2, 0.25) is 0 Å². The highest BCUT2D eigenvalue weighted by atomic mass is 19.1. The summed E-state index contributed by atoms with van der Waals surface area (Å²) in [6.07, 6.45) is 0. The van der Waals surface area contributed by atoms with E-state index in [-0.39, 0.29) is 11.6 Å². The zero-order valence-corrected chi connectivity index (χ0v) is 8.48. The Kier molecular flexibility index (Phi) is 1.62. The second-order valence-electron chi connectivity index (χ2n) is 3.97. The maximum Gasteiger partial charge on any atom is 0.124 e. The third-order valence-electron chi connectivity index (χ3n) is 2.91. The SMILES string of the molecule is C=c1cc(F)cc2c1=c1c-2cc(F)cc1=C. The standard InChI is InChI=1S/C14H8F2/c1-7-3-9(15)5-11-12-6-10(16)4-8(2)14(12)13(7)11/h3-6H,1-2H2. The summed E-state index contributed by atoms with van der Waals surface area (Å²) >= 11 is 0. The van der Waals surface area contributed by atoms with Crippen molar-refractivity contribution in [3.8, 4) is 11.1 Å². The Hall–Kier alpha value is -1.96. The average molecular weight is 214 g/mol. The molecular formula is C14H8F2. The number of fused-ring (bicyclic) bond motifs is 3. The molecule has 3 rings (SSSR count). The molecule has 2 aromatic carbocycles. The second-order valence-corrected chi connectivity index (χ2v) is 3.97. The largest absolute Gasteiger partial charge is 0.207 e. The van der Waals surface area contributed by atoms with Crippen LogP contribution in [0.25, 0.3) is 24.3 Å². The van der Waals surface area contributed by atoms with Crippen LogP contribution >= 0.6 is 0 Å². The van der Waals surface area contributed by atoms with E-state index >= 15 is 0 Å². The molecule has 0 spiro atoms. The number of halogens is 2. The van der Waals surface area contributed by atoms with E-state index in [2.05, 4.69) is 13.2 Å². The molecule has 0 atom stereocenters. The first kappa shape index (κ1) is 9.28. The molecular weight excluding hydrogens is 206 g/mol. The van der Waals surface area contributed by atoms with E-state index in [4.69, 9.17) is 0 Å². The van der Waals surface area contributed by atoms with Crippen molar-refractivity contribution in [2.24, 2.45) is 0 Å². The van der Waals surface area contributed by atoms with Gasteiger partial charge in [-0.25, -0.2) is 8.78 Å². The van der Waals surface area contributed by atoms with Crippen LogP contribution in [0.5, 0.6) is 0 Å². The van der Waals surface area contributed by atoms with E-state index in [9.17, 15) is 8.78 Å². The van der Waals surface area contributed by atoms with Crippen molar-refractivity contribution in [1.82, 2.24) is 0 Å². The first-order valence-corrected chi connectivity index (χ1v) is 4.89. The van der Waals surface area contributed by atoms with Gasteiger partial charge in [0, 0.05) is 0 Å². The molecule has 0 saturated carbocycles. The predicted molar refractivity (Wildman–Crippen MR) is 59.8 cm³/mol. The minimum absolute atomic E-state index is 0.343. The van der Waals surface area contributed by atoms with Crippen LogP contribution in [0, 0.1) is 22.1 Å². The molecule has 0 radical (unpaired) electrons. The van der Waals surface area contributed by atoms with Crippen molar-refractivity contribution < 1.29 is 8.78 Å². The van der Waals surface area contributed by atoms with Crippen LogP contribution in [0.3, 0.4) is 0 Å². The van der Waals surface area contributed by atoms with E-state index in [1.54, 1.807) is 0 Å².